The summed E-state index contributed by atoms with van der Waals surface area (Å²) in [5, 5.41) is 3.47. The molecule has 0 aliphatic heterocycles. The summed E-state index contributed by atoms with van der Waals surface area (Å²) < 4.78 is 18.4. The molecule has 0 unspecified atom stereocenters. The second-order valence-electron chi connectivity index (χ2n) is 4.75. The number of furan rings is 1. The lowest BCUT2D eigenvalue weighted by Crippen LogP contribution is -2.10. The van der Waals surface area contributed by atoms with Gasteiger partial charge in [-0.05, 0) is 54.6 Å². The van der Waals surface area contributed by atoms with Gasteiger partial charge >= 0.3 is 0 Å². The highest BCUT2D eigenvalue weighted by Gasteiger charge is 2.13. The van der Waals surface area contributed by atoms with Gasteiger partial charge in [-0.15, -0.1) is 0 Å². The van der Waals surface area contributed by atoms with Gasteiger partial charge in [-0.1, -0.05) is 23.2 Å². The van der Waals surface area contributed by atoms with Crippen LogP contribution >= 0.6 is 23.2 Å². The van der Waals surface area contributed by atoms with Gasteiger partial charge in [-0.2, -0.15) is 0 Å². The van der Waals surface area contributed by atoms with Gasteiger partial charge in [0.05, 0.1) is 10.0 Å². The minimum Gasteiger partial charge on any atom is -0.451 e. The molecule has 3 aromatic rings. The molecule has 0 atom stereocenters. The molecule has 0 radical (unpaired) electrons. The smallest absolute Gasteiger partial charge is 0.291 e. The molecule has 0 spiro atoms. The molecule has 2 aromatic carbocycles. The van der Waals surface area contributed by atoms with Crippen LogP contribution in [0.4, 0.5) is 10.1 Å². The Morgan fingerprint density at radius 1 is 0.957 bits per heavy atom. The van der Waals surface area contributed by atoms with Crippen molar-refractivity contribution in [1.82, 2.24) is 0 Å². The normalized spacial score (nSPS) is 10.6. The maximum Gasteiger partial charge on any atom is 0.291 e. The average molecular weight is 350 g/mol. The predicted molar refractivity (Wildman–Crippen MR) is 88.5 cm³/mol. The van der Waals surface area contributed by atoms with Gasteiger partial charge in [-0.25, -0.2) is 4.39 Å². The van der Waals surface area contributed by atoms with Crippen molar-refractivity contribution in [2.45, 2.75) is 0 Å². The number of carbonyl (C=O) groups excluding carboxylic acids is 1. The molecular formula is C17H10Cl2FNO2. The Kier molecular flexibility index (Phi) is 4.37. The van der Waals surface area contributed by atoms with Crippen molar-refractivity contribution in [2.75, 3.05) is 5.32 Å². The summed E-state index contributed by atoms with van der Waals surface area (Å²) in [5.41, 5.74) is 1.18. The number of hydrogen-bond acceptors (Lipinski definition) is 2. The van der Waals surface area contributed by atoms with Gasteiger partial charge in [0.25, 0.3) is 5.91 Å². The SMILES string of the molecule is O=C(Nc1ccc(F)cc1)c1ccc(-c2ccc(Cl)c(Cl)c2)o1. The predicted octanol–water partition coefficient (Wildman–Crippen LogP) is 5.64. The lowest BCUT2D eigenvalue weighted by atomic mass is 10.2. The van der Waals surface area contributed by atoms with E-state index in [1.54, 1.807) is 30.3 Å². The topological polar surface area (TPSA) is 42.2 Å². The van der Waals surface area contributed by atoms with Crippen LogP contribution in [0.3, 0.4) is 0 Å². The average Bonchev–Trinajstić information content (AvgIpc) is 3.02. The first-order valence-electron chi connectivity index (χ1n) is 6.65. The van der Waals surface area contributed by atoms with Crippen molar-refractivity contribution >= 4 is 34.8 Å². The second kappa shape index (κ2) is 6.44. The Hall–Kier alpha value is -2.30. The number of hydrogen-bond donors (Lipinski definition) is 1. The van der Waals surface area contributed by atoms with Crippen LogP contribution in [0, 0.1) is 5.82 Å². The zero-order valence-electron chi connectivity index (χ0n) is 11.6. The van der Waals surface area contributed by atoms with E-state index in [-0.39, 0.29) is 11.6 Å². The molecule has 23 heavy (non-hydrogen) atoms. The maximum absolute atomic E-state index is 12.8. The van der Waals surface area contributed by atoms with Crippen LogP contribution in [-0.4, -0.2) is 5.91 Å². The fourth-order valence-electron chi connectivity index (χ4n) is 1.99. The van der Waals surface area contributed by atoms with Crippen molar-refractivity contribution < 1.29 is 13.6 Å². The van der Waals surface area contributed by atoms with Crippen molar-refractivity contribution in [3.05, 3.63) is 76.2 Å². The Morgan fingerprint density at radius 2 is 1.70 bits per heavy atom. The Labute approximate surface area is 141 Å². The zero-order valence-corrected chi connectivity index (χ0v) is 13.2. The fourth-order valence-corrected chi connectivity index (χ4v) is 2.29. The van der Waals surface area contributed by atoms with E-state index in [1.165, 1.54) is 24.3 Å². The minimum absolute atomic E-state index is 0.135. The van der Waals surface area contributed by atoms with E-state index >= 15 is 0 Å². The van der Waals surface area contributed by atoms with Crippen molar-refractivity contribution in [3.8, 4) is 11.3 Å². The molecule has 3 rings (SSSR count). The van der Waals surface area contributed by atoms with Crippen LogP contribution < -0.4 is 5.32 Å². The molecule has 6 heteroatoms. The third kappa shape index (κ3) is 3.55. The molecule has 3 nitrogen and oxygen atoms in total. The summed E-state index contributed by atoms with van der Waals surface area (Å²) in [6.07, 6.45) is 0. The number of rotatable bonds is 3. The maximum atomic E-state index is 12.8. The lowest BCUT2D eigenvalue weighted by Gasteiger charge is -2.03. The first-order valence-corrected chi connectivity index (χ1v) is 7.41. The van der Waals surface area contributed by atoms with Gasteiger partial charge in [0.2, 0.25) is 0 Å². The van der Waals surface area contributed by atoms with Crippen LogP contribution in [0.2, 0.25) is 10.0 Å². The molecule has 116 valence electrons. The third-order valence-corrected chi connectivity index (χ3v) is 3.88. The number of halogens is 3. The molecule has 0 bridgehead atoms. The van der Waals surface area contributed by atoms with Gasteiger partial charge in [0.15, 0.2) is 5.76 Å². The highest BCUT2D eigenvalue weighted by molar-refractivity contribution is 6.42. The van der Waals surface area contributed by atoms with E-state index < -0.39 is 5.91 Å². The summed E-state index contributed by atoms with van der Waals surface area (Å²) in [6.45, 7) is 0. The van der Waals surface area contributed by atoms with Crippen molar-refractivity contribution in [1.29, 1.82) is 0 Å². The van der Waals surface area contributed by atoms with Crippen LogP contribution in [0.5, 0.6) is 0 Å². The molecule has 1 aromatic heterocycles. The lowest BCUT2D eigenvalue weighted by molar-refractivity contribution is 0.0997. The molecule has 0 fully saturated rings. The fraction of sp³-hybridized carbons (Fsp3) is 0. The first kappa shape index (κ1) is 15.6. The summed E-state index contributed by atoms with van der Waals surface area (Å²) >= 11 is 11.8. The zero-order chi connectivity index (χ0) is 16.4. The van der Waals surface area contributed by atoms with Crippen LogP contribution in [0.1, 0.15) is 10.6 Å². The number of nitrogens with one attached hydrogen (secondary N) is 1. The van der Waals surface area contributed by atoms with Crippen molar-refractivity contribution in [2.24, 2.45) is 0 Å². The van der Waals surface area contributed by atoms with Crippen LogP contribution in [0.25, 0.3) is 11.3 Å². The first-order chi connectivity index (χ1) is 11.0. The van der Waals surface area contributed by atoms with Crippen molar-refractivity contribution in [3.63, 3.8) is 0 Å². The van der Waals surface area contributed by atoms with E-state index in [4.69, 9.17) is 27.6 Å². The summed E-state index contributed by atoms with van der Waals surface area (Å²) in [5.74, 6) is -0.172. The highest BCUT2D eigenvalue weighted by Crippen LogP contribution is 2.29. The molecule has 1 amide bonds. The molecule has 0 saturated carbocycles. The molecular weight excluding hydrogens is 340 g/mol. The van der Waals surface area contributed by atoms with E-state index in [0.29, 0.717) is 27.1 Å². The summed E-state index contributed by atoms with van der Waals surface area (Å²) in [6, 6.07) is 13.7. The summed E-state index contributed by atoms with van der Waals surface area (Å²) in [7, 11) is 0. The van der Waals surface area contributed by atoms with Gasteiger partial charge < -0.3 is 9.73 Å². The van der Waals surface area contributed by atoms with E-state index in [1.807, 2.05) is 0 Å². The van der Waals surface area contributed by atoms with Gasteiger partial charge in [0, 0.05) is 11.3 Å². The number of anilines is 1. The van der Waals surface area contributed by atoms with Crippen LogP contribution in [0.15, 0.2) is 59.0 Å². The molecule has 0 aliphatic rings. The Balaban J connectivity index is 1.79. The standard InChI is InChI=1S/C17H10Cl2FNO2/c18-13-6-1-10(9-14(13)19)15-7-8-16(23-15)17(22)21-12-4-2-11(20)3-5-12/h1-9H,(H,21,22). The minimum atomic E-state index is -0.428. The van der Waals surface area contributed by atoms with Crippen LogP contribution in [-0.2, 0) is 0 Å². The molecule has 1 heterocycles. The molecule has 1 N–H and O–H groups in total. The second-order valence-corrected chi connectivity index (χ2v) is 5.57. The monoisotopic (exact) mass is 349 g/mol. The molecule has 0 saturated heterocycles. The van der Waals surface area contributed by atoms with Gasteiger partial charge in [0.1, 0.15) is 11.6 Å². The number of benzene rings is 2. The Bertz CT molecular complexity index is 859. The summed E-state index contributed by atoms with van der Waals surface area (Å²) in [4.78, 5) is 12.1. The Morgan fingerprint density at radius 3 is 2.39 bits per heavy atom. The number of amides is 1. The quantitative estimate of drug-likeness (QED) is 0.664. The van der Waals surface area contributed by atoms with E-state index in [2.05, 4.69) is 5.32 Å². The third-order valence-electron chi connectivity index (χ3n) is 3.14. The van der Waals surface area contributed by atoms with Gasteiger partial charge in [-0.3, -0.25) is 4.79 Å². The highest BCUT2D eigenvalue weighted by atomic mass is 35.5. The van der Waals surface area contributed by atoms with E-state index in [9.17, 15) is 9.18 Å². The molecule has 0 aliphatic carbocycles. The number of carbonyl (C=O) groups is 1. The largest absolute Gasteiger partial charge is 0.451 e. The van der Waals surface area contributed by atoms with E-state index in [0.717, 1.165) is 0 Å².